The minimum atomic E-state index is -0.0613. The number of halogens is 2. The molecule has 0 saturated carbocycles. The normalized spacial score (nSPS) is 10.3. The molecular formula is C16H15Cl2NO. The number of hydrogen-bond acceptors (Lipinski definition) is 1. The van der Waals surface area contributed by atoms with Crippen LogP contribution in [0.2, 0.25) is 10.0 Å². The first-order valence-electron chi connectivity index (χ1n) is 6.45. The fourth-order valence-electron chi connectivity index (χ4n) is 1.86. The third-order valence-corrected chi connectivity index (χ3v) is 3.65. The van der Waals surface area contributed by atoms with Crippen molar-refractivity contribution in [3.8, 4) is 11.1 Å². The first-order chi connectivity index (χ1) is 9.61. The second-order valence-corrected chi connectivity index (χ2v) is 5.28. The number of nitrogens with one attached hydrogen (secondary N) is 1. The Morgan fingerprint density at radius 1 is 1.05 bits per heavy atom. The largest absolute Gasteiger partial charge is 0.352 e. The van der Waals surface area contributed by atoms with Gasteiger partial charge in [-0.05, 0) is 41.8 Å². The van der Waals surface area contributed by atoms with Crippen LogP contribution in [-0.2, 0) is 0 Å². The van der Waals surface area contributed by atoms with Crippen molar-refractivity contribution >= 4 is 29.1 Å². The van der Waals surface area contributed by atoms with Crippen molar-refractivity contribution in [2.45, 2.75) is 13.3 Å². The van der Waals surface area contributed by atoms with E-state index >= 15 is 0 Å². The number of carbonyl (C=O) groups is 1. The Morgan fingerprint density at radius 3 is 2.50 bits per heavy atom. The van der Waals surface area contributed by atoms with E-state index in [0.29, 0.717) is 22.2 Å². The molecule has 0 aliphatic heterocycles. The van der Waals surface area contributed by atoms with E-state index in [1.807, 2.05) is 31.2 Å². The predicted octanol–water partition coefficient (Wildman–Crippen LogP) is 4.80. The van der Waals surface area contributed by atoms with Crippen LogP contribution in [0.25, 0.3) is 11.1 Å². The second kappa shape index (κ2) is 6.78. The molecule has 20 heavy (non-hydrogen) atoms. The maximum Gasteiger partial charge on any atom is 0.251 e. The summed E-state index contributed by atoms with van der Waals surface area (Å²) in [5.74, 6) is -0.0613. The van der Waals surface area contributed by atoms with E-state index in [-0.39, 0.29) is 5.91 Å². The van der Waals surface area contributed by atoms with Gasteiger partial charge in [-0.2, -0.15) is 0 Å². The molecule has 0 aromatic heterocycles. The van der Waals surface area contributed by atoms with Crippen molar-refractivity contribution in [2.75, 3.05) is 6.54 Å². The summed E-state index contributed by atoms with van der Waals surface area (Å²) in [5.41, 5.74) is 2.51. The lowest BCUT2D eigenvalue weighted by atomic mass is 10.0. The van der Waals surface area contributed by atoms with Crippen molar-refractivity contribution in [3.63, 3.8) is 0 Å². The van der Waals surface area contributed by atoms with Crippen LogP contribution in [0.1, 0.15) is 23.7 Å². The van der Waals surface area contributed by atoms with Crippen LogP contribution in [0.15, 0.2) is 42.5 Å². The minimum Gasteiger partial charge on any atom is -0.352 e. The fraction of sp³-hybridized carbons (Fsp3) is 0.188. The van der Waals surface area contributed by atoms with Gasteiger partial charge in [0.2, 0.25) is 0 Å². The summed E-state index contributed by atoms with van der Waals surface area (Å²) < 4.78 is 0. The maximum absolute atomic E-state index is 11.9. The number of benzene rings is 2. The Bertz CT molecular complexity index is 626. The van der Waals surface area contributed by atoms with Gasteiger partial charge in [0.15, 0.2) is 0 Å². The molecule has 0 unspecified atom stereocenters. The van der Waals surface area contributed by atoms with Crippen molar-refractivity contribution in [3.05, 3.63) is 58.1 Å². The highest BCUT2D eigenvalue weighted by atomic mass is 35.5. The lowest BCUT2D eigenvalue weighted by Crippen LogP contribution is -2.23. The van der Waals surface area contributed by atoms with Gasteiger partial charge in [-0.3, -0.25) is 4.79 Å². The third kappa shape index (κ3) is 3.53. The van der Waals surface area contributed by atoms with Crippen LogP contribution in [-0.4, -0.2) is 12.5 Å². The number of amides is 1. The van der Waals surface area contributed by atoms with Gasteiger partial charge in [-0.15, -0.1) is 0 Å². The molecular weight excluding hydrogens is 293 g/mol. The number of hydrogen-bond donors (Lipinski definition) is 1. The Kier molecular flexibility index (Phi) is 5.05. The molecule has 0 heterocycles. The molecule has 0 bridgehead atoms. The Balaban J connectivity index is 2.29. The van der Waals surface area contributed by atoms with E-state index in [4.69, 9.17) is 23.2 Å². The van der Waals surface area contributed by atoms with E-state index in [1.165, 1.54) is 0 Å². The summed E-state index contributed by atoms with van der Waals surface area (Å²) in [7, 11) is 0. The summed E-state index contributed by atoms with van der Waals surface area (Å²) in [6.45, 7) is 2.70. The highest BCUT2D eigenvalue weighted by molar-refractivity contribution is 6.42. The van der Waals surface area contributed by atoms with Crippen molar-refractivity contribution in [1.82, 2.24) is 5.32 Å². The van der Waals surface area contributed by atoms with Crippen molar-refractivity contribution in [1.29, 1.82) is 0 Å². The molecule has 0 spiro atoms. The maximum atomic E-state index is 11.9. The summed E-state index contributed by atoms with van der Waals surface area (Å²) in [5, 5.41) is 3.89. The number of carbonyl (C=O) groups excluding carboxylic acids is 1. The minimum absolute atomic E-state index is 0.0613. The Labute approximate surface area is 128 Å². The molecule has 0 radical (unpaired) electrons. The van der Waals surface area contributed by atoms with Gasteiger partial charge in [0.1, 0.15) is 0 Å². The van der Waals surface area contributed by atoms with Crippen molar-refractivity contribution < 1.29 is 4.79 Å². The molecule has 2 aromatic rings. The van der Waals surface area contributed by atoms with E-state index in [9.17, 15) is 4.79 Å². The predicted molar refractivity (Wildman–Crippen MR) is 84.5 cm³/mol. The van der Waals surface area contributed by atoms with Gasteiger partial charge in [-0.1, -0.05) is 48.3 Å². The second-order valence-electron chi connectivity index (χ2n) is 4.47. The van der Waals surface area contributed by atoms with Crippen LogP contribution in [0.4, 0.5) is 0 Å². The van der Waals surface area contributed by atoms with E-state index in [0.717, 1.165) is 17.5 Å². The molecule has 2 nitrogen and oxygen atoms in total. The quantitative estimate of drug-likeness (QED) is 0.863. The zero-order valence-electron chi connectivity index (χ0n) is 11.1. The van der Waals surface area contributed by atoms with Crippen LogP contribution in [0.5, 0.6) is 0 Å². The van der Waals surface area contributed by atoms with Crippen molar-refractivity contribution in [2.24, 2.45) is 0 Å². The lowest BCUT2D eigenvalue weighted by Gasteiger charge is -2.07. The summed E-state index contributed by atoms with van der Waals surface area (Å²) in [4.78, 5) is 11.9. The average molecular weight is 308 g/mol. The molecule has 0 fully saturated rings. The van der Waals surface area contributed by atoms with Gasteiger partial charge in [-0.25, -0.2) is 0 Å². The van der Waals surface area contributed by atoms with Gasteiger partial charge in [0.05, 0.1) is 10.0 Å². The van der Waals surface area contributed by atoms with Gasteiger partial charge in [0, 0.05) is 12.1 Å². The molecule has 4 heteroatoms. The molecule has 0 saturated heterocycles. The monoisotopic (exact) mass is 307 g/mol. The third-order valence-electron chi connectivity index (χ3n) is 2.91. The van der Waals surface area contributed by atoms with Gasteiger partial charge in [0.25, 0.3) is 5.91 Å². The van der Waals surface area contributed by atoms with E-state index in [1.54, 1.807) is 18.2 Å². The van der Waals surface area contributed by atoms with E-state index in [2.05, 4.69) is 5.32 Å². The van der Waals surface area contributed by atoms with Crippen LogP contribution < -0.4 is 5.32 Å². The molecule has 0 aliphatic rings. The first-order valence-corrected chi connectivity index (χ1v) is 7.21. The molecule has 2 rings (SSSR count). The first kappa shape index (κ1) is 14.9. The Hall–Kier alpha value is -1.51. The lowest BCUT2D eigenvalue weighted by molar-refractivity contribution is 0.0953. The highest BCUT2D eigenvalue weighted by Gasteiger charge is 2.07. The highest BCUT2D eigenvalue weighted by Crippen LogP contribution is 2.28. The average Bonchev–Trinajstić information content (AvgIpc) is 2.47. The zero-order valence-corrected chi connectivity index (χ0v) is 12.6. The smallest absolute Gasteiger partial charge is 0.251 e. The van der Waals surface area contributed by atoms with Gasteiger partial charge >= 0.3 is 0 Å². The molecule has 1 amide bonds. The molecule has 0 atom stereocenters. The Morgan fingerprint density at radius 2 is 1.80 bits per heavy atom. The topological polar surface area (TPSA) is 29.1 Å². The standard InChI is InChI=1S/C16H15Cl2NO/c1-2-8-19-16(20)13-5-3-4-11(9-13)12-6-7-14(17)15(18)10-12/h3-7,9-10H,2,8H2,1H3,(H,19,20). The molecule has 1 N–H and O–H groups in total. The van der Waals surface area contributed by atoms with Crippen LogP contribution in [0, 0.1) is 0 Å². The molecule has 0 aliphatic carbocycles. The van der Waals surface area contributed by atoms with Crippen LogP contribution >= 0.6 is 23.2 Å². The van der Waals surface area contributed by atoms with E-state index < -0.39 is 0 Å². The summed E-state index contributed by atoms with van der Waals surface area (Å²) in [6, 6.07) is 12.9. The zero-order chi connectivity index (χ0) is 14.5. The summed E-state index contributed by atoms with van der Waals surface area (Å²) >= 11 is 11.9. The van der Waals surface area contributed by atoms with Gasteiger partial charge < -0.3 is 5.32 Å². The molecule has 2 aromatic carbocycles. The number of rotatable bonds is 4. The molecule has 104 valence electrons. The fourth-order valence-corrected chi connectivity index (χ4v) is 2.15. The summed E-state index contributed by atoms with van der Waals surface area (Å²) in [6.07, 6.45) is 0.915. The SMILES string of the molecule is CCCNC(=O)c1cccc(-c2ccc(Cl)c(Cl)c2)c1. The van der Waals surface area contributed by atoms with Crippen LogP contribution in [0.3, 0.4) is 0 Å².